The Balaban J connectivity index is -0.000000440. The van der Waals surface area contributed by atoms with Crippen LogP contribution in [0.3, 0.4) is 0 Å². The molecule has 0 aliphatic heterocycles. The molecule has 0 spiro atoms. The molecule has 0 saturated heterocycles. The Labute approximate surface area is 119 Å². The van der Waals surface area contributed by atoms with Crippen LogP contribution in [-0.2, 0) is 18.9 Å². The fourth-order valence-corrected chi connectivity index (χ4v) is 0.703. The van der Waals surface area contributed by atoms with Crippen molar-refractivity contribution in [3.8, 4) is 0 Å². The smallest absolute Gasteiger partial charge is 0.550 e. The molecule has 2 atom stereocenters. The van der Waals surface area contributed by atoms with Gasteiger partial charge < -0.3 is 25.2 Å². The Bertz CT molecular complexity index is 275. The van der Waals surface area contributed by atoms with Crippen LogP contribution >= 0.6 is 8.69 Å². The molecule has 0 saturated carbocycles. The van der Waals surface area contributed by atoms with Gasteiger partial charge in [0.05, 0.1) is 6.42 Å². The third-order valence-electron chi connectivity index (χ3n) is 1.28. The van der Waals surface area contributed by atoms with E-state index in [1.54, 1.807) is 0 Å². The topological polar surface area (TPSA) is 172 Å². The van der Waals surface area contributed by atoms with Crippen molar-refractivity contribution in [1.29, 1.82) is 0 Å². The average Bonchev–Trinajstić information content (AvgIpc) is 2.01. The van der Waals surface area contributed by atoms with Crippen molar-refractivity contribution in [2.75, 3.05) is 0 Å². The molecule has 0 bridgehead atoms. The molecule has 0 amide bonds. The Morgan fingerprint density at radius 2 is 1.53 bits per heavy atom. The molecular formula is C6H9NaO9P+. The second-order valence-corrected chi connectivity index (χ2v) is 2.73. The number of carbonyl (C=O) groups excluding carboxylic acids is 1. The number of aliphatic carboxylic acids is 3. The first-order valence-electron chi connectivity index (χ1n) is 3.58. The van der Waals surface area contributed by atoms with Crippen LogP contribution in [0.2, 0.25) is 0 Å². The average molecular weight is 279 g/mol. The second kappa shape index (κ2) is 10.6. The minimum absolute atomic E-state index is 0. The van der Waals surface area contributed by atoms with Gasteiger partial charge in [0.25, 0.3) is 0 Å². The molecule has 0 aromatic rings. The van der Waals surface area contributed by atoms with Crippen molar-refractivity contribution in [3.63, 3.8) is 0 Å². The van der Waals surface area contributed by atoms with Gasteiger partial charge >= 0.3 is 50.2 Å². The molecule has 9 nitrogen and oxygen atoms in total. The molecule has 2 unspecified atom stereocenters. The van der Waals surface area contributed by atoms with Gasteiger partial charge in [-0.25, -0.2) is 4.79 Å². The van der Waals surface area contributed by atoms with E-state index < -0.39 is 45.0 Å². The molecule has 4 N–H and O–H groups in total. The van der Waals surface area contributed by atoms with Crippen LogP contribution in [-0.4, -0.2) is 43.7 Å². The summed E-state index contributed by atoms with van der Waals surface area (Å²) in [7, 11) is -1.17. The van der Waals surface area contributed by atoms with Crippen LogP contribution in [0.1, 0.15) is 12.8 Å². The Kier molecular flexibility index (Phi) is 13.5. The fraction of sp³-hybridized carbons (Fsp3) is 0.500. The van der Waals surface area contributed by atoms with E-state index in [1.807, 2.05) is 0 Å². The van der Waals surface area contributed by atoms with Crippen molar-refractivity contribution in [2.45, 2.75) is 18.4 Å². The van der Waals surface area contributed by atoms with Crippen molar-refractivity contribution < 1.29 is 73.8 Å². The zero-order valence-electron chi connectivity index (χ0n) is 8.74. The number of rotatable bonds is 5. The van der Waals surface area contributed by atoms with Gasteiger partial charge in [-0.2, -0.15) is 4.89 Å². The van der Waals surface area contributed by atoms with E-state index >= 15 is 0 Å². The van der Waals surface area contributed by atoms with Gasteiger partial charge in [-0.15, -0.1) is 0 Å². The third-order valence-corrected chi connectivity index (χ3v) is 1.28. The van der Waals surface area contributed by atoms with E-state index in [4.69, 9.17) is 24.8 Å². The van der Waals surface area contributed by atoms with Gasteiger partial charge in [0.1, 0.15) is 0 Å². The third kappa shape index (κ3) is 11.7. The molecule has 92 valence electrons. The van der Waals surface area contributed by atoms with Crippen molar-refractivity contribution >= 4 is 26.6 Å². The van der Waals surface area contributed by atoms with Crippen LogP contribution < -0.4 is 34.7 Å². The summed E-state index contributed by atoms with van der Waals surface area (Å²) in [5, 5.41) is 35.5. The summed E-state index contributed by atoms with van der Waals surface area (Å²) < 4.78 is 8.51. The molecule has 0 aliphatic rings. The summed E-state index contributed by atoms with van der Waals surface area (Å²) >= 11 is 0. The van der Waals surface area contributed by atoms with Gasteiger partial charge in [0, 0.05) is 12.4 Å². The molecule has 11 heteroatoms. The van der Waals surface area contributed by atoms with Crippen LogP contribution in [0.5, 0.6) is 0 Å². The van der Waals surface area contributed by atoms with Crippen LogP contribution in [0.15, 0.2) is 0 Å². The van der Waals surface area contributed by atoms with E-state index in [1.165, 1.54) is 0 Å². The Hall–Kier alpha value is -0.570. The Morgan fingerprint density at radius 1 is 1.18 bits per heavy atom. The molecule has 17 heavy (non-hydrogen) atoms. The maximum absolute atomic E-state index is 10.3. The molecule has 0 heterocycles. The number of carboxylic acids is 3. The number of hydrogen-bond acceptors (Lipinski definition) is 6. The van der Waals surface area contributed by atoms with E-state index in [-0.39, 0.29) is 29.6 Å². The van der Waals surface area contributed by atoms with E-state index in [0.29, 0.717) is 0 Å². The first kappa shape index (κ1) is 21.7. The molecule has 0 aromatic carbocycles. The zero-order chi connectivity index (χ0) is 13.4. The summed E-state index contributed by atoms with van der Waals surface area (Å²) in [5.74, 6) is -5.34. The van der Waals surface area contributed by atoms with Crippen molar-refractivity contribution in [3.05, 3.63) is 0 Å². The van der Waals surface area contributed by atoms with Gasteiger partial charge in [0.15, 0.2) is 5.60 Å². The van der Waals surface area contributed by atoms with Crippen LogP contribution in [0.4, 0.5) is 0 Å². The quantitative estimate of drug-likeness (QED) is 0.282. The number of aliphatic hydroxyl groups is 1. The van der Waals surface area contributed by atoms with E-state index in [0.717, 1.165) is 0 Å². The molecule has 0 aromatic heterocycles. The number of hydrogen-bond donors (Lipinski definition) is 4. The largest absolute Gasteiger partial charge is 1.00 e. The standard InChI is InChI=1S/C6H8O7.Na.HO2P/c7-3(8)1-6(13,5(11)12)2-4(9)10;;1-3-2/h13H,1-2H2,(H,7,8)(H,9,10)(H,11,12);;3H/q;+1;. The monoisotopic (exact) mass is 279 g/mol. The summed E-state index contributed by atoms with van der Waals surface area (Å²) in [6.45, 7) is 0. The van der Waals surface area contributed by atoms with E-state index in [2.05, 4.69) is 0 Å². The zero-order valence-corrected chi connectivity index (χ0v) is 11.7. The molecule has 0 radical (unpaired) electrons. The normalized spacial score (nSPS) is 12.4. The fourth-order valence-electron chi connectivity index (χ4n) is 0.703. The summed E-state index contributed by atoms with van der Waals surface area (Å²) in [6.07, 6.45) is -2.44. The SMILES string of the molecule is O=C([O-])CC(O)(CC(=O)O)C(=O)O.O=[PH+]O.[Na+]. The first-order chi connectivity index (χ1) is 7.19. The summed E-state index contributed by atoms with van der Waals surface area (Å²) in [6, 6.07) is 0. The van der Waals surface area contributed by atoms with Gasteiger partial charge in [-0.05, 0) is 4.57 Å². The predicted octanol–water partition coefficient (Wildman–Crippen LogP) is -5.66. The minimum Gasteiger partial charge on any atom is -0.550 e. The molecule has 0 rings (SSSR count). The maximum atomic E-state index is 10.3. The maximum Gasteiger partial charge on any atom is 1.00 e. The number of carbonyl (C=O) groups is 3. The second-order valence-electron chi connectivity index (χ2n) is 2.55. The van der Waals surface area contributed by atoms with Crippen LogP contribution in [0, 0.1) is 0 Å². The molecular weight excluding hydrogens is 270 g/mol. The van der Waals surface area contributed by atoms with Gasteiger partial charge in [0.2, 0.25) is 0 Å². The molecule has 0 aliphatic carbocycles. The van der Waals surface area contributed by atoms with Crippen molar-refractivity contribution in [2.24, 2.45) is 0 Å². The summed E-state index contributed by atoms with van der Waals surface area (Å²) in [5.41, 5.74) is -2.80. The first-order valence-corrected chi connectivity index (χ1v) is 4.43. The van der Waals surface area contributed by atoms with Crippen molar-refractivity contribution in [1.82, 2.24) is 0 Å². The van der Waals surface area contributed by atoms with E-state index in [9.17, 15) is 19.5 Å². The van der Waals surface area contributed by atoms with Crippen LogP contribution in [0.25, 0.3) is 0 Å². The van der Waals surface area contributed by atoms with Gasteiger partial charge in [-0.3, -0.25) is 4.79 Å². The predicted molar refractivity (Wildman–Crippen MR) is 45.7 cm³/mol. The van der Waals surface area contributed by atoms with Gasteiger partial charge in [-0.1, -0.05) is 0 Å². The number of carboxylic acid groups (broad SMARTS) is 3. The molecule has 0 fully saturated rings. The summed E-state index contributed by atoms with van der Waals surface area (Å²) in [4.78, 5) is 37.4. The minimum atomic E-state index is -2.80. The Morgan fingerprint density at radius 3 is 1.71 bits per heavy atom.